The van der Waals surface area contributed by atoms with Gasteiger partial charge in [0, 0.05) is 22.8 Å². The first-order chi connectivity index (χ1) is 10.8. The van der Waals surface area contributed by atoms with Crippen LogP contribution in [0.5, 0.6) is 0 Å². The number of rotatable bonds is 3. The van der Waals surface area contributed by atoms with E-state index >= 15 is 0 Å². The van der Waals surface area contributed by atoms with Crippen molar-refractivity contribution in [2.75, 3.05) is 5.32 Å². The zero-order chi connectivity index (χ0) is 14.9. The standard InChI is InChI=1S/C17H15N3OS/c21-16-9-14(12-5-2-1-3-6-12)15-10-18-20(17(15)19-16)11-13-7-4-8-22-13/h1-8,10,14H,9,11H2,(H,19,21)/t14-/m1/s1. The Kier molecular flexibility index (Phi) is 3.27. The molecule has 0 saturated heterocycles. The molecule has 1 aromatic carbocycles. The van der Waals surface area contributed by atoms with Gasteiger partial charge in [-0.3, -0.25) is 4.79 Å². The van der Waals surface area contributed by atoms with E-state index in [1.165, 1.54) is 4.88 Å². The van der Waals surface area contributed by atoms with Crippen LogP contribution in [-0.4, -0.2) is 15.7 Å². The second-order valence-electron chi connectivity index (χ2n) is 5.40. The molecule has 0 fully saturated rings. The molecular formula is C17H15N3OS. The summed E-state index contributed by atoms with van der Waals surface area (Å²) in [5, 5.41) is 9.53. The second-order valence-corrected chi connectivity index (χ2v) is 6.43. The third kappa shape index (κ3) is 2.33. The van der Waals surface area contributed by atoms with E-state index in [0.29, 0.717) is 13.0 Å². The molecule has 0 unspecified atom stereocenters. The van der Waals surface area contributed by atoms with Gasteiger partial charge in [0.15, 0.2) is 0 Å². The van der Waals surface area contributed by atoms with Gasteiger partial charge in [-0.25, -0.2) is 4.68 Å². The Bertz CT molecular complexity index is 793. The average molecular weight is 309 g/mol. The maximum Gasteiger partial charge on any atom is 0.226 e. The summed E-state index contributed by atoms with van der Waals surface area (Å²) in [6.45, 7) is 0.689. The molecule has 0 radical (unpaired) electrons. The van der Waals surface area contributed by atoms with E-state index in [-0.39, 0.29) is 11.8 Å². The number of fused-ring (bicyclic) bond motifs is 1. The second kappa shape index (κ2) is 5.42. The molecule has 1 N–H and O–H groups in total. The number of hydrogen-bond donors (Lipinski definition) is 1. The topological polar surface area (TPSA) is 46.9 Å². The molecule has 0 spiro atoms. The van der Waals surface area contributed by atoms with Crippen molar-refractivity contribution in [1.82, 2.24) is 9.78 Å². The summed E-state index contributed by atoms with van der Waals surface area (Å²) in [5.41, 5.74) is 2.26. The van der Waals surface area contributed by atoms with Crippen LogP contribution in [0, 0.1) is 0 Å². The fourth-order valence-corrected chi connectivity index (χ4v) is 3.61. The summed E-state index contributed by atoms with van der Waals surface area (Å²) in [5.74, 6) is 0.967. The van der Waals surface area contributed by atoms with Crippen LogP contribution in [0.15, 0.2) is 54.0 Å². The normalized spacial score (nSPS) is 17.1. The van der Waals surface area contributed by atoms with Crippen LogP contribution in [0.3, 0.4) is 0 Å². The number of anilines is 1. The van der Waals surface area contributed by atoms with Gasteiger partial charge < -0.3 is 5.32 Å². The number of amides is 1. The molecule has 1 aliphatic rings. The Morgan fingerprint density at radius 3 is 2.86 bits per heavy atom. The lowest BCUT2D eigenvalue weighted by molar-refractivity contribution is -0.116. The maximum absolute atomic E-state index is 12.1. The fraction of sp³-hybridized carbons (Fsp3) is 0.176. The molecule has 1 atom stereocenters. The van der Waals surface area contributed by atoms with E-state index in [0.717, 1.165) is 16.9 Å². The molecule has 110 valence electrons. The molecule has 0 saturated carbocycles. The number of carbonyl (C=O) groups is 1. The molecule has 4 nitrogen and oxygen atoms in total. The van der Waals surface area contributed by atoms with Crippen molar-refractivity contribution in [3.05, 3.63) is 70.0 Å². The van der Waals surface area contributed by atoms with E-state index in [2.05, 4.69) is 34.0 Å². The van der Waals surface area contributed by atoms with E-state index in [4.69, 9.17) is 0 Å². The van der Waals surface area contributed by atoms with Crippen molar-refractivity contribution in [2.24, 2.45) is 0 Å². The molecule has 1 aliphatic heterocycles. The minimum atomic E-state index is 0.0503. The molecule has 2 aromatic heterocycles. The van der Waals surface area contributed by atoms with Gasteiger partial charge in [0.05, 0.1) is 12.7 Å². The molecule has 0 aliphatic carbocycles. The van der Waals surface area contributed by atoms with Crippen molar-refractivity contribution in [2.45, 2.75) is 18.9 Å². The van der Waals surface area contributed by atoms with Crippen LogP contribution < -0.4 is 5.32 Å². The van der Waals surface area contributed by atoms with E-state index < -0.39 is 0 Å². The van der Waals surface area contributed by atoms with Gasteiger partial charge in [-0.2, -0.15) is 5.10 Å². The summed E-state index contributed by atoms with van der Waals surface area (Å²) >= 11 is 1.70. The summed E-state index contributed by atoms with van der Waals surface area (Å²) < 4.78 is 1.88. The van der Waals surface area contributed by atoms with Crippen molar-refractivity contribution in [1.29, 1.82) is 0 Å². The van der Waals surface area contributed by atoms with Crippen LogP contribution >= 0.6 is 11.3 Å². The van der Waals surface area contributed by atoms with Gasteiger partial charge in [-0.05, 0) is 17.0 Å². The van der Waals surface area contributed by atoms with E-state index in [1.54, 1.807) is 11.3 Å². The summed E-state index contributed by atoms with van der Waals surface area (Å²) in [4.78, 5) is 13.3. The van der Waals surface area contributed by atoms with Crippen molar-refractivity contribution in [3.63, 3.8) is 0 Å². The number of nitrogens with one attached hydrogen (secondary N) is 1. The van der Waals surface area contributed by atoms with Crippen molar-refractivity contribution >= 4 is 23.1 Å². The van der Waals surface area contributed by atoms with Crippen LogP contribution in [0.4, 0.5) is 5.82 Å². The SMILES string of the molecule is O=C1C[C@H](c2ccccc2)c2cnn(Cc3cccs3)c2N1. The van der Waals surface area contributed by atoms with E-state index in [9.17, 15) is 4.79 Å². The molecular weight excluding hydrogens is 294 g/mol. The predicted octanol–water partition coefficient (Wildman–Crippen LogP) is 3.47. The van der Waals surface area contributed by atoms with Gasteiger partial charge in [0.2, 0.25) is 5.91 Å². The van der Waals surface area contributed by atoms with Crippen LogP contribution in [0.2, 0.25) is 0 Å². The zero-order valence-electron chi connectivity index (χ0n) is 11.9. The lowest BCUT2D eigenvalue weighted by Crippen LogP contribution is -2.25. The van der Waals surface area contributed by atoms with Gasteiger partial charge in [-0.1, -0.05) is 36.4 Å². The predicted molar refractivity (Wildman–Crippen MR) is 87.2 cm³/mol. The molecule has 5 heteroatoms. The van der Waals surface area contributed by atoms with Gasteiger partial charge in [-0.15, -0.1) is 11.3 Å². The highest BCUT2D eigenvalue weighted by Crippen LogP contribution is 2.37. The summed E-state index contributed by atoms with van der Waals surface area (Å²) in [6.07, 6.45) is 2.36. The minimum Gasteiger partial charge on any atom is -0.311 e. The first-order valence-corrected chi connectivity index (χ1v) is 8.12. The first-order valence-electron chi connectivity index (χ1n) is 7.24. The lowest BCUT2D eigenvalue weighted by Gasteiger charge is -2.23. The third-order valence-electron chi connectivity index (χ3n) is 3.98. The Morgan fingerprint density at radius 1 is 1.23 bits per heavy atom. The Morgan fingerprint density at radius 2 is 2.09 bits per heavy atom. The zero-order valence-corrected chi connectivity index (χ0v) is 12.7. The largest absolute Gasteiger partial charge is 0.311 e. The number of benzene rings is 1. The number of nitrogens with zero attached hydrogens (tertiary/aromatic N) is 2. The van der Waals surface area contributed by atoms with Crippen LogP contribution in [0.1, 0.15) is 28.3 Å². The van der Waals surface area contributed by atoms with Gasteiger partial charge >= 0.3 is 0 Å². The lowest BCUT2D eigenvalue weighted by atomic mass is 9.87. The monoisotopic (exact) mass is 309 g/mol. The van der Waals surface area contributed by atoms with Crippen molar-refractivity contribution in [3.8, 4) is 0 Å². The fourth-order valence-electron chi connectivity index (χ4n) is 2.92. The van der Waals surface area contributed by atoms with Crippen molar-refractivity contribution < 1.29 is 4.79 Å². The van der Waals surface area contributed by atoms with Crippen LogP contribution in [-0.2, 0) is 11.3 Å². The highest BCUT2D eigenvalue weighted by molar-refractivity contribution is 7.09. The Balaban J connectivity index is 1.73. The summed E-state index contributed by atoms with van der Waals surface area (Å²) in [6, 6.07) is 14.3. The molecule has 3 heterocycles. The average Bonchev–Trinajstić information content (AvgIpc) is 3.18. The highest BCUT2D eigenvalue weighted by Gasteiger charge is 2.29. The smallest absolute Gasteiger partial charge is 0.226 e. The number of hydrogen-bond acceptors (Lipinski definition) is 3. The van der Waals surface area contributed by atoms with Crippen LogP contribution in [0.25, 0.3) is 0 Å². The molecule has 1 amide bonds. The third-order valence-corrected chi connectivity index (χ3v) is 4.84. The number of thiophene rings is 1. The molecule has 4 rings (SSSR count). The Labute approximate surface area is 132 Å². The molecule has 3 aromatic rings. The summed E-state index contributed by atoms with van der Waals surface area (Å²) in [7, 11) is 0. The van der Waals surface area contributed by atoms with E-state index in [1.807, 2.05) is 35.1 Å². The first kappa shape index (κ1) is 13.3. The number of aromatic nitrogens is 2. The quantitative estimate of drug-likeness (QED) is 0.805. The maximum atomic E-state index is 12.1. The van der Waals surface area contributed by atoms with Gasteiger partial charge in [0.1, 0.15) is 5.82 Å². The Hall–Kier alpha value is -2.40. The molecule has 22 heavy (non-hydrogen) atoms. The number of carbonyl (C=O) groups excluding carboxylic acids is 1. The van der Waals surface area contributed by atoms with Gasteiger partial charge in [0.25, 0.3) is 0 Å². The highest BCUT2D eigenvalue weighted by atomic mass is 32.1. The minimum absolute atomic E-state index is 0.0503. The molecule has 0 bridgehead atoms.